The highest BCUT2D eigenvalue weighted by molar-refractivity contribution is 7.17. The van der Waals surface area contributed by atoms with Gasteiger partial charge in [-0.1, -0.05) is 38.2 Å². The van der Waals surface area contributed by atoms with Crippen molar-refractivity contribution in [1.82, 2.24) is 9.88 Å². The number of amides is 2. The fourth-order valence-electron chi connectivity index (χ4n) is 5.42. The van der Waals surface area contributed by atoms with Gasteiger partial charge < -0.3 is 9.88 Å². The van der Waals surface area contributed by atoms with Gasteiger partial charge in [0.1, 0.15) is 11.2 Å². The largest absolute Gasteiger partial charge is 0.351 e. The first-order valence-electron chi connectivity index (χ1n) is 12.2. The molecule has 0 bridgehead atoms. The van der Waals surface area contributed by atoms with E-state index in [1.807, 2.05) is 41.1 Å². The minimum atomic E-state index is -1.01. The molecular formula is C27H33N3O2S. The Labute approximate surface area is 199 Å². The zero-order valence-corrected chi connectivity index (χ0v) is 20.6. The topological polar surface area (TPSA) is 54.3 Å². The molecule has 1 aliphatic carbocycles. The van der Waals surface area contributed by atoms with Gasteiger partial charge in [-0.25, -0.2) is 0 Å². The van der Waals surface area contributed by atoms with Crippen LogP contribution in [-0.4, -0.2) is 28.0 Å². The number of carbonyl (C=O) groups is 2. The molecule has 3 heterocycles. The van der Waals surface area contributed by atoms with Gasteiger partial charge in [0.2, 0.25) is 5.91 Å². The predicted octanol–water partition coefficient (Wildman–Crippen LogP) is 5.97. The second kappa shape index (κ2) is 8.64. The molecule has 0 saturated heterocycles. The van der Waals surface area contributed by atoms with Gasteiger partial charge in [0, 0.05) is 11.7 Å². The quantitative estimate of drug-likeness (QED) is 0.520. The number of thiophene rings is 1. The molecule has 6 heteroatoms. The lowest BCUT2D eigenvalue weighted by Gasteiger charge is -2.44. The van der Waals surface area contributed by atoms with E-state index in [-0.39, 0.29) is 17.9 Å². The van der Waals surface area contributed by atoms with Crippen LogP contribution in [0.25, 0.3) is 10.2 Å². The van der Waals surface area contributed by atoms with E-state index < -0.39 is 5.54 Å². The van der Waals surface area contributed by atoms with E-state index in [4.69, 9.17) is 0 Å². The highest BCUT2D eigenvalue weighted by atomic mass is 32.1. The van der Waals surface area contributed by atoms with Gasteiger partial charge in [0.05, 0.1) is 16.8 Å². The van der Waals surface area contributed by atoms with Crippen molar-refractivity contribution >= 4 is 39.1 Å². The van der Waals surface area contributed by atoms with E-state index in [1.54, 1.807) is 16.2 Å². The molecule has 1 N–H and O–H groups in total. The summed E-state index contributed by atoms with van der Waals surface area (Å²) < 4.78 is 3.13. The first kappa shape index (κ1) is 22.2. The van der Waals surface area contributed by atoms with Crippen molar-refractivity contribution in [1.29, 1.82) is 0 Å². The standard InChI is InChI=1S/C27H33N3O2S/c1-18-11-12-21(15-19(18)2)30-25(31)23-16-24-22(13-14-33-24)29(23)17-27(30,3)26(32)28-20-9-7-5-4-6-8-10-20/h11-16,20H,4-10,17H2,1-3H3,(H,28,32)/t27-/m1/s1. The minimum absolute atomic E-state index is 0.0534. The summed E-state index contributed by atoms with van der Waals surface area (Å²) in [6.07, 6.45) is 8.10. The van der Waals surface area contributed by atoms with Crippen molar-refractivity contribution in [3.63, 3.8) is 0 Å². The molecular weight excluding hydrogens is 430 g/mol. The fraction of sp³-hybridized carbons (Fsp3) is 0.481. The number of aryl methyl sites for hydroxylation is 2. The van der Waals surface area contributed by atoms with Crippen LogP contribution in [0.1, 0.15) is 73.5 Å². The molecule has 1 fully saturated rings. The van der Waals surface area contributed by atoms with Gasteiger partial charge in [0.15, 0.2) is 0 Å². The molecule has 2 aromatic heterocycles. The van der Waals surface area contributed by atoms with Crippen LogP contribution in [0.4, 0.5) is 5.69 Å². The Balaban J connectivity index is 1.56. The molecule has 2 amide bonds. The summed E-state index contributed by atoms with van der Waals surface area (Å²) in [5, 5.41) is 5.41. The average Bonchev–Trinajstić information content (AvgIpc) is 3.35. The molecule has 2 aliphatic rings. The highest BCUT2D eigenvalue weighted by Gasteiger charge is 2.49. The Morgan fingerprint density at radius 3 is 2.48 bits per heavy atom. The van der Waals surface area contributed by atoms with Crippen molar-refractivity contribution in [3.05, 3.63) is 52.5 Å². The molecule has 1 aliphatic heterocycles. The number of fused-ring (bicyclic) bond motifs is 3. The third-order valence-electron chi connectivity index (χ3n) is 7.58. The molecule has 3 aromatic rings. The van der Waals surface area contributed by atoms with Crippen molar-refractivity contribution in [2.75, 3.05) is 4.90 Å². The van der Waals surface area contributed by atoms with Gasteiger partial charge in [-0.2, -0.15) is 0 Å². The number of nitrogens with zero attached hydrogens (tertiary/aromatic N) is 2. The Kier molecular flexibility index (Phi) is 5.81. The van der Waals surface area contributed by atoms with Gasteiger partial charge >= 0.3 is 0 Å². The normalized spacial score (nSPS) is 22.2. The monoisotopic (exact) mass is 463 g/mol. The number of anilines is 1. The van der Waals surface area contributed by atoms with E-state index in [2.05, 4.69) is 25.2 Å². The second-order valence-electron chi connectivity index (χ2n) is 9.98. The van der Waals surface area contributed by atoms with Crippen molar-refractivity contribution in [2.45, 2.75) is 83.8 Å². The lowest BCUT2D eigenvalue weighted by atomic mass is 9.91. The maximum atomic E-state index is 14.0. The number of aromatic nitrogens is 1. The smallest absolute Gasteiger partial charge is 0.275 e. The zero-order chi connectivity index (χ0) is 23.2. The lowest BCUT2D eigenvalue weighted by molar-refractivity contribution is -0.127. The first-order chi connectivity index (χ1) is 15.9. The van der Waals surface area contributed by atoms with E-state index in [9.17, 15) is 9.59 Å². The number of carbonyl (C=O) groups excluding carboxylic acids is 2. The van der Waals surface area contributed by atoms with Crippen LogP contribution in [-0.2, 0) is 11.3 Å². The van der Waals surface area contributed by atoms with E-state index in [0.29, 0.717) is 12.2 Å². The second-order valence-corrected chi connectivity index (χ2v) is 10.9. The zero-order valence-electron chi connectivity index (χ0n) is 19.8. The molecule has 1 aromatic carbocycles. The first-order valence-corrected chi connectivity index (χ1v) is 13.1. The summed E-state index contributed by atoms with van der Waals surface area (Å²) in [7, 11) is 0. The molecule has 5 nitrogen and oxygen atoms in total. The molecule has 1 atom stereocenters. The number of rotatable bonds is 3. The lowest BCUT2D eigenvalue weighted by Crippen LogP contribution is -2.65. The maximum absolute atomic E-state index is 14.0. The minimum Gasteiger partial charge on any atom is -0.351 e. The number of nitrogens with one attached hydrogen (secondary N) is 1. The van der Waals surface area contributed by atoms with Gasteiger partial charge in [0.25, 0.3) is 5.91 Å². The summed E-state index contributed by atoms with van der Waals surface area (Å²) in [6.45, 7) is 6.49. The molecule has 5 rings (SSSR count). The highest BCUT2D eigenvalue weighted by Crippen LogP contribution is 2.38. The van der Waals surface area contributed by atoms with E-state index in [0.717, 1.165) is 47.2 Å². The van der Waals surface area contributed by atoms with Gasteiger partial charge in [-0.3, -0.25) is 14.5 Å². The third kappa shape index (κ3) is 3.88. The average molecular weight is 464 g/mol. The summed E-state index contributed by atoms with van der Waals surface area (Å²) >= 11 is 1.63. The molecule has 0 unspecified atom stereocenters. The van der Waals surface area contributed by atoms with Crippen LogP contribution in [0.15, 0.2) is 35.7 Å². The molecule has 33 heavy (non-hydrogen) atoms. The Morgan fingerprint density at radius 1 is 1.03 bits per heavy atom. The number of hydrogen-bond donors (Lipinski definition) is 1. The Hall–Kier alpha value is -2.60. The predicted molar refractivity (Wildman–Crippen MR) is 135 cm³/mol. The van der Waals surface area contributed by atoms with Crippen LogP contribution in [0, 0.1) is 13.8 Å². The summed E-state index contributed by atoms with van der Waals surface area (Å²) in [5.41, 5.74) is 3.76. The molecule has 0 radical (unpaired) electrons. The third-order valence-corrected chi connectivity index (χ3v) is 8.44. The summed E-state index contributed by atoms with van der Waals surface area (Å²) in [4.78, 5) is 29.6. The van der Waals surface area contributed by atoms with E-state index in [1.165, 1.54) is 24.8 Å². The van der Waals surface area contributed by atoms with Crippen LogP contribution >= 0.6 is 11.3 Å². The molecule has 1 saturated carbocycles. The summed E-state index contributed by atoms with van der Waals surface area (Å²) in [6, 6.07) is 10.3. The number of benzene rings is 1. The van der Waals surface area contributed by atoms with Crippen molar-refractivity contribution < 1.29 is 9.59 Å². The fourth-order valence-corrected chi connectivity index (χ4v) is 6.25. The van der Waals surface area contributed by atoms with Crippen molar-refractivity contribution in [3.8, 4) is 0 Å². The molecule has 0 spiro atoms. The SMILES string of the molecule is Cc1ccc(N2C(=O)c3cc4sccc4n3C[C@]2(C)C(=O)NC2CCCCCCC2)cc1C. The van der Waals surface area contributed by atoms with Crippen LogP contribution in [0.5, 0.6) is 0 Å². The van der Waals surface area contributed by atoms with Crippen molar-refractivity contribution in [2.24, 2.45) is 0 Å². The van der Waals surface area contributed by atoms with Gasteiger partial charge in [-0.05, 0) is 74.4 Å². The Morgan fingerprint density at radius 2 is 1.76 bits per heavy atom. The maximum Gasteiger partial charge on any atom is 0.275 e. The van der Waals surface area contributed by atoms with Crippen LogP contribution < -0.4 is 10.2 Å². The molecule has 174 valence electrons. The van der Waals surface area contributed by atoms with E-state index >= 15 is 0 Å². The number of hydrogen-bond acceptors (Lipinski definition) is 3. The van der Waals surface area contributed by atoms with Gasteiger partial charge in [-0.15, -0.1) is 11.3 Å². The Bertz CT molecular complexity index is 1200. The summed E-state index contributed by atoms with van der Waals surface area (Å²) in [5.74, 6) is -0.161. The van der Waals surface area contributed by atoms with Crippen LogP contribution in [0.2, 0.25) is 0 Å². The van der Waals surface area contributed by atoms with Crippen LogP contribution in [0.3, 0.4) is 0 Å².